The predicted octanol–water partition coefficient (Wildman–Crippen LogP) is 3.56. The minimum Gasteiger partial charge on any atom is -0.317 e. The van der Waals surface area contributed by atoms with E-state index in [0.717, 1.165) is 10.0 Å². The van der Waals surface area contributed by atoms with Crippen LogP contribution in [0.15, 0.2) is 28.7 Å². The summed E-state index contributed by atoms with van der Waals surface area (Å²) in [5.74, 6) is 4.70. The minimum atomic E-state index is -1.28. The van der Waals surface area contributed by atoms with Crippen LogP contribution in [0, 0.1) is 11.8 Å². The van der Waals surface area contributed by atoms with Crippen LogP contribution in [0.5, 0.6) is 0 Å². The van der Waals surface area contributed by atoms with Crippen molar-refractivity contribution in [1.82, 2.24) is 0 Å². The van der Waals surface area contributed by atoms with E-state index < -0.39 is 5.97 Å². The van der Waals surface area contributed by atoms with Gasteiger partial charge in [0.1, 0.15) is 0 Å². The van der Waals surface area contributed by atoms with E-state index in [1.54, 1.807) is 0 Å². The first-order valence-corrected chi connectivity index (χ1v) is 7.16. The van der Waals surface area contributed by atoms with Gasteiger partial charge in [0.25, 0.3) is 0 Å². The van der Waals surface area contributed by atoms with Crippen LogP contribution >= 0.6 is 15.9 Å². The van der Waals surface area contributed by atoms with Crippen molar-refractivity contribution < 1.29 is 14.2 Å². The van der Waals surface area contributed by atoms with Gasteiger partial charge in [-0.25, -0.2) is 0 Å². The van der Waals surface area contributed by atoms with Crippen LogP contribution in [0.25, 0.3) is 0 Å². The molecule has 0 bridgehead atoms. The fraction of sp³-hybridized carbons (Fsp3) is 0.467. The van der Waals surface area contributed by atoms with E-state index in [1.165, 1.54) is 0 Å². The molecule has 0 amide bonds. The Kier molecular flexibility index (Phi) is 7.11. The zero-order valence-corrected chi connectivity index (χ0v) is 13.1. The molecule has 0 fully saturated rings. The number of hydrogen-bond donors (Lipinski definition) is 0. The van der Waals surface area contributed by atoms with Gasteiger partial charge in [-0.2, -0.15) is 0 Å². The van der Waals surface area contributed by atoms with E-state index in [-0.39, 0.29) is 0 Å². The lowest BCUT2D eigenvalue weighted by molar-refractivity contribution is -0.339. The quantitative estimate of drug-likeness (QED) is 0.591. The van der Waals surface area contributed by atoms with Gasteiger partial charge in [0.05, 0.1) is 19.8 Å². The molecule has 104 valence electrons. The van der Waals surface area contributed by atoms with Crippen LogP contribution in [-0.4, -0.2) is 25.8 Å². The smallest absolute Gasteiger partial charge is 0.317 e. The Morgan fingerprint density at radius 1 is 1.00 bits per heavy atom. The van der Waals surface area contributed by atoms with Gasteiger partial charge in [0.2, 0.25) is 0 Å². The highest BCUT2D eigenvalue weighted by atomic mass is 79.9. The zero-order chi connectivity index (χ0) is 14.1. The van der Waals surface area contributed by atoms with Crippen LogP contribution in [0.3, 0.4) is 0 Å². The van der Waals surface area contributed by atoms with Crippen LogP contribution in [0.2, 0.25) is 0 Å². The number of hydrogen-bond acceptors (Lipinski definition) is 3. The molecule has 0 N–H and O–H groups in total. The van der Waals surface area contributed by atoms with Gasteiger partial charge >= 0.3 is 5.97 Å². The summed E-state index contributed by atoms with van der Waals surface area (Å²) in [4.78, 5) is 0. The van der Waals surface area contributed by atoms with E-state index in [0.29, 0.717) is 19.8 Å². The molecule has 0 spiro atoms. The first-order chi connectivity index (χ1) is 9.17. The molecule has 19 heavy (non-hydrogen) atoms. The highest BCUT2D eigenvalue weighted by Crippen LogP contribution is 2.18. The molecule has 0 heterocycles. The summed E-state index contributed by atoms with van der Waals surface area (Å²) in [6.07, 6.45) is 0. The lowest BCUT2D eigenvalue weighted by Crippen LogP contribution is -2.38. The third-order valence-corrected chi connectivity index (χ3v) is 2.92. The highest BCUT2D eigenvalue weighted by molar-refractivity contribution is 9.10. The molecule has 0 aliphatic heterocycles. The summed E-state index contributed by atoms with van der Waals surface area (Å²) in [7, 11) is 0. The molecule has 0 aromatic heterocycles. The van der Waals surface area contributed by atoms with Gasteiger partial charge in [0.15, 0.2) is 0 Å². The van der Waals surface area contributed by atoms with Crippen molar-refractivity contribution in [2.24, 2.45) is 0 Å². The van der Waals surface area contributed by atoms with Crippen molar-refractivity contribution in [1.29, 1.82) is 0 Å². The SMILES string of the molecule is CCOC(C#Cc1ccccc1Br)(OCC)OCC. The monoisotopic (exact) mass is 326 g/mol. The molecule has 0 unspecified atom stereocenters. The lowest BCUT2D eigenvalue weighted by atomic mass is 10.2. The van der Waals surface area contributed by atoms with Crippen molar-refractivity contribution in [3.05, 3.63) is 34.3 Å². The fourth-order valence-corrected chi connectivity index (χ4v) is 1.89. The standard InChI is InChI=1S/C15H19BrO3/c1-4-17-15(18-5-2,19-6-3)12-11-13-9-7-8-10-14(13)16/h7-10H,4-6H2,1-3H3. The maximum absolute atomic E-state index is 5.54. The maximum atomic E-state index is 5.54. The molecule has 0 radical (unpaired) electrons. The minimum absolute atomic E-state index is 0.463. The Hall–Kier alpha value is -0.860. The van der Waals surface area contributed by atoms with Crippen LogP contribution in [0.4, 0.5) is 0 Å². The molecule has 4 heteroatoms. The Balaban J connectivity index is 3.03. The van der Waals surface area contributed by atoms with E-state index in [9.17, 15) is 0 Å². The summed E-state index contributed by atoms with van der Waals surface area (Å²) in [5, 5.41) is 0. The number of ether oxygens (including phenoxy) is 3. The molecule has 1 aromatic rings. The molecule has 0 saturated heterocycles. The molecule has 1 rings (SSSR count). The second-order valence-electron chi connectivity index (χ2n) is 3.59. The topological polar surface area (TPSA) is 27.7 Å². The van der Waals surface area contributed by atoms with Gasteiger partial charge < -0.3 is 14.2 Å². The number of rotatable bonds is 6. The van der Waals surface area contributed by atoms with E-state index in [2.05, 4.69) is 27.8 Å². The average Bonchev–Trinajstić information content (AvgIpc) is 2.39. The van der Waals surface area contributed by atoms with Crippen LogP contribution < -0.4 is 0 Å². The Labute approximate surface area is 123 Å². The van der Waals surface area contributed by atoms with Gasteiger partial charge in [-0.05, 0) is 54.8 Å². The Morgan fingerprint density at radius 3 is 2.00 bits per heavy atom. The molecule has 1 aromatic carbocycles. The molecule has 0 saturated carbocycles. The third-order valence-electron chi connectivity index (χ3n) is 2.23. The summed E-state index contributed by atoms with van der Waals surface area (Å²) in [5.41, 5.74) is 0.867. The van der Waals surface area contributed by atoms with Crippen molar-refractivity contribution in [2.45, 2.75) is 26.7 Å². The van der Waals surface area contributed by atoms with Crippen LogP contribution in [0.1, 0.15) is 26.3 Å². The second-order valence-corrected chi connectivity index (χ2v) is 4.44. The first-order valence-electron chi connectivity index (χ1n) is 6.37. The molecular formula is C15H19BrO3. The summed E-state index contributed by atoms with van der Waals surface area (Å²) in [6, 6.07) is 7.73. The van der Waals surface area contributed by atoms with E-state index in [4.69, 9.17) is 14.2 Å². The van der Waals surface area contributed by atoms with Gasteiger partial charge in [-0.1, -0.05) is 18.1 Å². The van der Waals surface area contributed by atoms with Crippen molar-refractivity contribution in [3.8, 4) is 11.8 Å². The summed E-state index contributed by atoms with van der Waals surface area (Å²) in [6.45, 7) is 7.03. The highest BCUT2D eigenvalue weighted by Gasteiger charge is 2.30. The van der Waals surface area contributed by atoms with Crippen LogP contribution in [-0.2, 0) is 14.2 Å². The third kappa shape index (κ3) is 4.96. The summed E-state index contributed by atoms with van der Waals surface area (Å²) >= 11 is 3.46. The first kappa shape index (κ1) is 16.2. The zero-order valence-electron chi connectivity index (χ0n) is 11.5. The van der Waals surface area contributed by atoms with Gasteiger partial charge in [-0.3, -0.25) is 0 Å². The molecule has 0 aliphatic carbocycles. The summed E-state index contributed by atoms with van der Waals surface area (Å²) < 4.78 is 17.5. The molecular weight excluding hydrogens is 308 g/mol. The van der Waals surface area contributed by atoms with Crippen molar-refractivity contribution >= 4 is 15.9 Å². The number of halogens is 1. The van der Waals surface area contributed by atoms with Gasteiger partial charge in [-0.15, -0.1) is 0 Å². The molecule has 0 atom stereocenters. The molecule has 0 aliphatic rings. The predicted molar refractivity (Wildman–Crippen MR) is 78.6 cm³/mol. The normalized spacial score (nSPS) is 10.9. The maximum Gasteiger partial charge on any atom is 0.353 e. The Morgan fingerprint density at radius 2 is 1.53 bits per heavy atom. The van der Waals surface area contributed by atoms with Gasteiger partial charge in [0, 0.05) is 10.0 Å². The van der Waals surface area contributed by atoms with Crippen molar-refractivity contribution in [3.63, 3.8) is 0 Å². The van der Waals surface area contributed by atoms with Crippen molar-refractivity contribution in [2.75, 3.05) is 19.8 Å². The average molecular weight is 327 g/mol. The Bertz CT molecular complexity index is 431. The second kappa shape index (κ2) is 8.34. The van der Waals surface area contributed by atoms with E-state index >= 15 is 0 Å². The lowest BCUT2D eigenvalue weighted by Gasteiger charge is -2.26. The fourth-order valence-electron chi connectivity index (χ4n) is 1.51. The van der Waals surface area contributed by atoms with E-state index in [1.807, 2.05) is 45.0 Å². The largest absolute Gasteiger partial charge is 0.353 e. The molecule has 3 nitrogen and oxygen atoms in total. The number of benzene rings is 1.